The minimum atomic E-state index is -0.336. The third kappa shape index (κ3) is 5.07. The molecule has 0 heterocycles. The van der Waals surface area contributed by atoms with Crippen LogP contribution in [0.15, 0.2) is 41.4 Å². The SMILES string of the molecule is CCN(C)/C=N/c1ccc(C(=O)OCc2ccc(Cl)cc2)c(C)c1C. The summed E-state index contributed by atoms with van der Waals surface area (Å²) in [6, 6.07) is 10.9. The molecule has 0 bridgehead atoms. The highest BCUT2D eigenvalue weighted by Crippen LogP contribution is 2.25. The number of benzene rings is 2. The lowest BCUT2D eigenvalue weighted by molar-refractivity contribution is 0.0472. The van der Waals surface area contributed by atoms with Crippen molar-refractivity contribution in [1.82, 2.24) is 4.90 Å². The number of aliphatic imine (C=N–C) groups is 1. The first kappa shape index (κ1) is 19.0. The van der Waals surface area contributed by atoms with Gasteiger partial charge in [0.1, 0.15) is 6.61 Å². The summed E-state index contributed by atoms with van der Waals surface area (Å²) in [6.07, 6.45) is 1.79. The minimum Gasteiger partial charge on any atom is -0.457 e. The van der Waals surface area contributed by atoms with Gasteiger partial charge in [-0.15, -0.1) is 0 Å². The van der Waals surface area contributed by atoms with Crippen molar-refractivity contribution >= 4 is 29.6 Å². The number of hydrogen-bond donors (Lipinski definition) is 0. The molecule has 0 N–H and O–H groups in total. The van der Waals surface area contributed by atoms with Gasteiger partial charge in [0.25, 0.3) is 0 Å². The number of carbonyl (C=O) groups excluding carboxylic acids is 1. The van der Waals surface area contributed by atoms with Crippen molar-refractivity contribution in [2.45, 2.75) is 27.4 Å². The van der Waals surface area contributed by atoms with Crippen molar-refractivity contribution in [2.24, 2.45) is 4.99 Å². The lowest BCUT2D eigenvalue weighted by Crippen LogP contribution is -2.14. The fourth-order valence-corrected chi connectivity index (χ4v) is 2.34. The van der Waals surface area contributed by atoms with E-state index >= 15 is 0 Å². The molecule has 2 aromatic rings. The third-order valence-electron chi connectivity index (χ3n) is 4.15. The van der Waals surface area contributed by atoms with Crippen LogP contribution >= 0.6 is 11.6 Å². The summed E-state index contributed by atoms with van der Waals surface area (Å²) in [5.41, 5.74) is 4.17. The van der Waals surface area contributed by atoms with Crippen molar-refractivity contribution in [2.75, 3.05) is 13.6 Å². The summed E-state index contributed by atoms with van der Waals surface area (Å²) >= 11 is 5.86. The van der Waals surface area contributed by atoms with Crippen LogP contribution in [0.5, 0.6) is 0 Å². The molecule has 0 saturated heterocycles. The predicted octanol–water partition coefficient (Wildman–Crippen LogP) is 4.93. The zero-order chi connectivity index (χ0) is 18.4. The normalized spacial score (nSPS) is 10.9. The third-order valence-corrected chi connectivity index (χ3v) is 4.41. The second kappa shape index (κ2) is 8.67. The molecular weight excluding hydrogens is 336 g/mol. The Labute approximate surface area is 154 Å². The Hall–Kier alpha value is -2.33. The Balaban J connectivity index is 2.10. The van der Waals surface area contributed by atoms with Gasteiger partial charge in [-0.1, -0.05) is 23.7 Å². The fourth-order valence-electron chi connectivity index (χ4n) is 2.22. The number of halogens is 1. The molecule has 0 amide bonds. The lowest BCUT2D eigenvalue weighted by Gasteiger charge is -2.12. The number of carbonyl (C=O) groups is 1. The molecule has 0 radical (unpaired) electrons. The van der Waals surface area contributed by atoms with E-state index in [-0.39, 0.29) is 12.6 Å². The molecule has 25 heavy (non-hydrogen) atoms. The molecule has 0 unspecified atom stereocenters. The van der Waals surface area contributed by atoms with Crippen LogP contribution in [0.4, 0.5) is 5.69 Å². The molecule has 0 atom stereocenters. The van der Waals surface area contributed by atoms with Gasteiger partial charge in [-0.2, -0.15) is 0 Å². The average molecular weight is 359 g/mol. The van der Waals surface area contributed by atoms with Gasteiger partial charge < -0.3 is 9.64 Å². The van der Waals surface area contributed by atoms with Gasteiger partial charge in [-0.3, -0.25) is 0 Å². The van der Waals surface area contributed by atoms with Crippen LogP contribution < -0.4 is 0 Å². The van der Waals surface area contributed by atoms with Crippen LogP contribution in [0.1, 0.15) is 34.0 Å². The summed E-state index contributed by atoms with van der Waals surface area (Å²) in [5, 5.41) is 0.659. The second-order valence-electron chi connectivity index (χ2n) is 5.90. The predicted molar refractivity (Wildman–Crippen MR) is 103 cm³/mol. The summed E-state index contributed by atoms with van der Waals surface area (Å²) in [4.78, 5) is 18.9. The molecule has 5 heteroatoms. The standard InChI is InChI=1S/C20H23ClN2O2/c1-5-23(4)13-22-19-11-10-18(14(2)15(19)3)20(24)25-12-16-6-8-17(21)9-7-16/h6-11,13H,5,12H2,1-4H3/b22-13+. The smallest absolute Gasteiger partial charge is 0.338 e. The van der Waals surface area contributed by atoms with Crippen molar-refractivity contribution in [3.63, 3.8) is 0 Å². The highest BCUT2D eigenvalue weighted by molar-refractivity contribution is 6.30. The van der Waals surface area contributed by atoms with E-state index in [0.29, 0.717) is 10.6 Å². The quantitative estimate of drug-likeness (QED) is 0.418. The Morgan fingerprint density at radius 2 is 1.84 bits per heavy atom. The van der Waals surface area contributed by atoms with Crippen LogP contribution in [0, 0.1) is 13.8 Å². The van der Waals surface area contributed by atoms with E-state index in [1.807, 2.05) is 44.0 Å². The first-order valence-electron chi connectivity index (χ1n) is 8.18. The summed E-state index contributed by atoms with van der Waals surface area (Å²) < 4.78 is 5.42. The summed E-state index contributed by atoms with van der Waals surface area (Å²) in [5.74, 6) is -0.336. The average Bonchev–Trinajstić information content (AvgIpc) is 2.62. The van der Waals surface area contributed by atoms with Gasteiger partial charge in [0, 0.05) is 18.6 Å². The zero-order valence-electron chi connectivity index (χ0n) is 15.0. The van der Waals surface area contributed by atoms with Gasteiger partial charge in [-0.25, -0.2) is 9.79 Å². The van der Waals surface area contributed by atoms with Crippen molar-refractivity contribution < 1.29 is 9.53 Å². The first-order valence-corrected chi connectivity index (χ1v) is 8.56. The van der Waals surface area contributed by atoms with E-state index in [2.05, 4.69) is 11.9 Å². The fraction of sp³-hybridized carbons (Fsp3) is 0.300. The van der Waals surface area contributed by atoms with Crippen LogP contribution in [-0.2, 0) is 11.3 Å². The maximum absolute atomic E-state index is 12.4. The van der Waals surface area contributed by atoms with E-state index in [9.17, 15) is 4.79 Å². The van der Waals surface area contributed by atoms with Gasteiger partial charge in [0.2, 0.25) is 0 Å². The molecular formula is C20H23ClN2O2. The van der Waals surface area contributed by atoms with E-state index in [4.69, 9.17) is 16.3 Å². The summed E-state index contributed by atoms with van der Waals surface area (Å²) in [7, 11) is 1.97. The summed E-state index contributed by atoms with van der Waals surface area (Å²) in [6.45, 7) is 7.04. The molecule has 132 valence electrons. The molecule has 0 aliphatic carbocycles. The first-order chi connectivity index (χ1) is 11.9. The highest BCUT2D eigenvalue weighted by atomic mass is 35.5. The molecule has 2 aromatic carbocycles. The molecule has 0 saturated carbocycles. The topological polar surface area (TPSA) is 41.9 Å². The Bertz CT molecular complexity index is 770. The molecule has 0 fully saturated rings. The van der Waals surface area contributed by atoms with Crippen molar-refractivity contribution in [3.8, 4) is 0 Å². The maximum atomic E-state index is 12.4. The van der Waals surface area contributed by atoms with Gasteiger partial charge in [0.15, 0.2) is 0 Å². The van der Waals surface area contributed by atoms with Gasteiger partial charge in [0.05, 0.1) is 17.6 Å². The molecule has 0 aromatic heterocycles. The minimum absolute atomic E-state index is 0.218. The van der Waals surface area contributed by atoms with Crippen LogP contribution in [0.3, 0.4) is 0 Å². The number of rotatable bonds is 6. The Kier molecular flexibility index (Phi) is 6.59. The van der Waals surface area contributed by atoms with Crippen LogP contribution in [-0.4, -0.2) is 30.8 Å². The maximum Gasteiger partial charge on any atom is 0.338 e. The number of hydrogen-bond acceptors (Lipinski definition) is 3. The second-order valence-corrected chi connectivity index (χ2v) is 6.34. The van der Waals surface area contributed by atoms with Gasteiger partial charge in [-0.05, 0) is 61.7 Å². The monoisotopic (exact) mass is 358 g/mol. The van der Waals surface area contributed by atoms with Crippen LogP contribution in [0.25, 0.3) is 0 Å². The molecule has 2 rings (SSSR count). The lowest BCUT2D eigenvalue weighted by atomic mass is 10.0. The van der Waals surface area contributed by atoms with Crippen molar-refractivity contribution in [3.05, 3.63) is 63.7 Å². The van der Waals surface area contributed by atoms with Crippen molar-refractivity contribution in [1.29, 1.82) is 0 Å². The molecule has 4 nitrogen and oxygen atoms in total. The molecule has 0 spiro atoms. The van der Waals surface area contributed by atoms with E-state index in [1.165, 1.54) is 0 Å². The Morgan fingerprint density at radius 1 is 1.16 bits per heavy atom. The van der Waals surface area contributed by atoms with Gasteiger partial charge >= 0.3 is 5.97 Å². The van der Waals surface area contributed by atoms with E-state index in [0.717, 1.165) is 28.9 Å². The molecule has 0 aliphatic rings. The Morgan fingerprint density at radius 3 is 2.48 bits per heavy atom. The number of nitrogens with zero attached hydrogens (tertiary/aromatic N) is 2. The highest BCUT2D eigenvalue weighted by Gasteiger charge is 2.14. The van der Waals surface area contributed by atoms with E-state index in [1.54, 1.807) is 24.5 Å². The molecule has 0 aliphatic heterocycles. The zero-order valence-corrected chi connectivity index (χ0v) is 15.8. The number of esters is 1. The largest absolute Gasteiger partial charge is 0.457 e. The van der Waals surface area contributed by atoms with E-state index < -0.39 is 0 Å². The van der Waals surface area contributed by atoms with Crippen LogP contribution in [0.2, 0.25) is 5.02 Å². The number of ether oxygens (including phenoxy) is 1.